The van der Waals surface area contributed by atoms with Gasteiger partial charge in [0.25, 0.3) is 0 Å². The third-order valence-corrected chi connectivity index (χ3v) is 5.10. The molecule has 96 valence electrons. The molecular formula is C17H28. The maximum Gasteiger partial charge on any atom is -0.0111 e. The van der Waals surface area contributed by atoms with E-state index >= 15 is 0 Å². The van der Waals surface area contributed by atoms with E-state index in [0.29, 0.717) is 5.41 Å². The minimum Gasteiger partial charge on any atom is -0.0990 e. The van der Waals surface area contributed by atoms with Crippen LogP contribution in [0.15, 0.2) is 23.8 Å². The first-order chi connectivity index (χ1) is 8.01. The normalized spacial score (nSPS) is 36.8. The van der Waals surface area contributed by atoms with Crippen molar-refractivity contribution in [2.75, 3.05) is 0 Å². The Bertz CT molecular complexity index is 311. The zero-order chi connectivity index (χ0) is 12.5. The molecule has 0 radical (unpaired) electrons. The molecule has 3 fully saturated rings. The Morgan fingerprint density at radius 3 is 2.53 bits per heavy atom. The Labute approximate surface area is 107 Å². The van der Waals surface area contributed by atoms with E-state index in [1.165, 1.54) is 50.5 Å². The fraction of sp³-hybridized carbons (Fsp3) is 0.765. The van der Waals surface area contributed by atoms with Gasteiger partial charge in [0.1, 0.15) is 0 Å². The van der Waals surface area contributed by atoms with E-state index in [9.17, 15) is 0 Å². The molecule has 0 spiro atoms. The van der Waals surface area contributed by atoms with E-state index in [-0.39, 0.29) is 0 Å². The van der Waals surface area contributed by atoms with Crippen LogP contribution in [-0.4, -0.2) is 0 Å². The molecule has 17 heavy (non-hydrogen) atoms. The lowest BCUT2D eigenvalue weighted by molar-refractivity contribution is 0.274. The van der Waals surface area contributed by atoms with E-state index in [1.54, 1.807) is 5.57 Å². The van der Waals surface area contributed by atoms with Gasteiger partial charge in [-0.15, -0.1) is 0 Å². The van der Waals surface area contributed by atoms with Crippen LogP contribution in [-0.2, 0) is 0 Å². The quantitative estimate of drug-likeness (QED) is 0.563. The van der Waals surface area contributed by atoms with Crippen LogP contribution in [0.4, 0.5) is 0 Å². The van der Waals surface area contributed by atoms with E-state index in [2.05, 4.69) is 33.4 Å². The summed E-state index contributed by atoms with van der Waals surface area (Å²) in [5, 5.41) is 0. The molecule has 0 aromatic heterocycles. The largest absolute Gasteiger partial charge is 0.0990 e. The van der Waals surface area contributed by atoms with Gasteiger partial charge in [-0.1, -0.05) is 30.7 Å². The number of allylic oxidation sites excluding steroid dienone is 3. The lowest BCUT2D eigenvalue weighted by Gasteiger charge is -2.32. The van der Waals surface area contributed by atoms with E-state index in [4.69, 9.17) is 0 Å². The molecule has 2 bridgehead atoms. The van der Waals surface area contributed by atoms with Gasteiger partial charge < -0.3 is 0 Å². The molecule has 0 aromatic carbocycles. The van der Waals surface area contributed by atoms with E-state index < -0.39 is 0 Å². The lowest BCUT2D eigenvalue weighted by Crippen LogP contribution is -2.21. The molecule has 3 rings (SSSR count). The highest BCUT2D eigenvalue weighted by atomic mass is 14.4. The Morgan fingerprint density at radius 2 is 1.94 bits per heavy atom. The van der Waals surface area contributed by atoms with Crippen LogP contribution in [0.1, 0.15) is 65.7 Å². The fourth-order valence-corrected chi connectivity index (χ4v) is 3.92. The first-order valence-corrected chi connectivity index (χ1v) is 7.34. The maximum absolute atomic E-state index is 4.48. The molecule has 0 N–H and O–H groups in total. The van der Waals surface area contributed by atoms with Crippen LogP contribution in [0.25, 0.3) is 0 Å². The summed E-state index contributed by atoms with van der Waals surface area (Å²) in [7, 11) is 0. The molecule has 3 aliphatic carbocycles. The SMILES string of the molecule is C=C1C2CCC(CC2)CC1(C)CCC=C(C)C. The van der Waals surface area contributed by atoms with Gasteiger partial charge in [0.2, 0.25) is 0 Å². The third-order valence-electron chi connectivity index (χ3n) is 5.10. The molecule has 0 amide bonds. The van der Waals surface area contributed by atoms with E-state index in [1.807, 2.05) is 0 Å². The second-order valence-corrected chi connectivity index (χ2v) is 6.83. The summed E-state index contributed by atoms with van der Waals surface area (Å²) in [6.07, 6.45) is 12.1. The average molecular weight is 232 g/mol. The van der Waals surface area contributed by atoms with E-state index in [0.717, 1.165) is 11.8 Å². The summed E-state index contributed by atoms with van der Waals surface area (Å²) < 4.78 is 0. The molecule has 3 aliphatic rings. The second-order valence-electron chi connectivity index (χ2n) is 6.83. The van der Waals surface area contributed by atoms with Gasteiger partial charge in [0.15, 0.2) is 0 Å². The molecular weight excluding hydrogens is 204 g/mol. The van der Waals surface area contributed by atoms with Crippen molar-refractivity contribution in [2.24, 2.45) is 17.3 Å². The molecule has 0 aliphatic heterocycles. The minimum absolute atomic E-state index is 0.425. The van der Waals surface area contributed by atoms with Crippen molar-refractivity contribution in [3.05, 3.63) is 23.8 Å². The highest BCUT2D eigenvalue weighted by Gasteiger charge is 2.40. The second kappa shape index (κ2) is 5.00. The Hall–Kier alpha value is -0.520. The van der Waals surface area contributed by atoms with Crippen LogP contribution in [0, 0.1) is 17.3 Å². The van der Waals surface area contributed by atoms with Gasteiger partial charge in [-0.3, -0.25) is 0 Å². The van der Waals surface area contributed by atoms with Gasteiger partial charge >= 0.3 is 0 Å². The number of hydrogen-bond acceptors (Lipinski definition) is 0. The highest BCUT2D eigenvalue weighted by molar-refractivity contribution is 5.17. The zero-order valence-corrected chi connectivity index (χ0v) is 11.9. The van der Waals surface area contributed by atoms with Crippen molar-refractivity contribution in [1.82, 2.24) is 0 Å². The third kappa shape index (κ3) is 2.84. The summed E-state index contributed by atoms with van der Waals surface area (Å²) in [6, 6.07) is 0. The molecule has 0 heteroatoms. The topological polar surface area (TPSA) is 0 Å². The van der Waals surface area contributed by atoms with Gasteiger partial charge in [0.05, 0.1) is 0 Å². The molecule has 0 saturated heterocycles. The number of rotatable bonds is 3. The minimum atomic E-state index is 0.425. The van der Waals surface area contributed by atoms with Crippen LogP contribution in [0.2, 0.25) is 0 Å². The number of fused-ring (bicyclic) bond motifs is 4. The van der Waals surface area contributed by atoms with Gasteiger partial charge in [-0.25, -0.2) is 0 Å². The predicted molar refractivity (Wildman–Crippen MR) is 76.0 cm³/mol. The number of hydrogen-bond donors (Lipinski definition) is 0. The standard InChI is InChI=1S/C17H28/c1-13(2)6-5-11-17(4)12-15-7-9-16(10-8-15)14(17)3/h6,15-16H,3,5,7-12H2,1-2,4H3. The van der Waals surface area contributed by atoms with Crippen LogP contribution in [0.3, 0.4) is 0 Å². The summed E-state index contributed by atoms with van der Waals surface area (Å²) in [5.41, 5.74) is 3.46. The fourth-order valence-electron chi connectivity index (χ4n) is 3.92. The van der Waals surface area contributed by atoms with Crippen molar-refractivity contribution in [3.63, 3.8) is 0 Å². The Kier molecular flexibility index (Phi) is 3.80. The first kappa shape index (κ1) is 12.9. The van der Waals surface area contributed by atoms with Crippen molar-refractivity contribution in [2.45, 2.75) is 65.7 Å². The van der Waals surface area contributed by atoms with Crippen molar-refractivity contribution in [1.29, 1.82) is 0 Å². The summed E-state index contributed by atoms with van der Waals surface area (Å²) in [4.78, 5) is 0. The van der Waals surface area contributed by atoms with Crippen molar-refractivity contribution in [3.8, 4) is 0 Å². The van der Waals surface area contributed by atoms with Crippen molar-refractivity contribution >= 4 is 0 Å². The summed E-state index contributed by atoms with van der Waals surface area (Å²) in [6.45, 7) is 11.4. The predicted octanol–water partition coefficient (Wildman–Crippen LogP) is 5.51. The maximum atomic E-state index is 4.48. The molecule has 1 unspecified atom stereocenters. The Balaban J connectivity index is 2.07. The van der Waals surface area contributed by atoms with Gasteiger partial charge in [-0.2, -0.15) is 0 Å². The van der Waals surface area contributed by atoms with Crippen LogP contribution in [0.5, 0.6) is 0 Å². The molecule has 1 atom stereocenters. The van der Waals surface area contributed by atoms with Gasteiger partial charge in [0, 0.05) is 0 Å². The molecule has 0 heterocycles. The monoisotopic (exact) mass is 232 g/mol. The van der Waals surface area contributed by atoms with Crippen molar-refractivity contribution < 1.29 is 0 Å². The average Bonchev–Trinajstić information content (AvgIpc) is 2.45. The first-order valence-electron chi connectivity index (χ1n) is 7.34. The summed E-state index contributed by atoms with van der Waals surface area (Å²) >= 11 is 0. The highest BCUT2D eigenvalue weighted by Crippen LogP contribution is 2.52. The summed E-state index contributed by atoms with van der Waals surface area (Å²) in [5.74, 6) is 1.83. The molecule has 0 nitrogen and oxygen atoms in total. The lowest BCUT2D eigenvalue weighted by atomic mass is 9.72. The zero-order valence-electron chi connectivity index (χ0n) is 11.9. The van der Waals surface area contributed by atoms with Crippen LogP contribution >= 0.6 is 0 Å². The van der Waals surface area contributed by atoms with Gasteiger partial charge in [-0.05, 0) is 76.0 Å². The van der Waals surface area contributed by atoms with Crippen LogP contribution < -0.4 is 0 Å². The molecule has 3 saturated carbocycles. The Morgan fingerprint density at radius 1 is 1.29 bits per heavy atom. The molecule has 0 aromatic rings. The smallest absolute Gasteiger partial charge is 0.0111 e.